The summed E-state index contributed by atoms with van der Waals surface area (Å²) in [5.74, 6) is 0.176. The third-order valence-corrected chi connectivity index (χ3v) is 4.56. The first kappa shape index (κ1) is 20.2. The van der Waals surface area contributed by atoms with E-state index in [1.54, 1.807) is 36.2 Å². The van der Waals surface area contributed by atoms with Crippen LogP contribution in [0, 0.1) is 5.41 Å². The van der Waals surface area contributed by atoms with Crippen molar-refractivity contribution in [2.75, 3.05) is 33.3 Å². The zero-order valence-electron chi connectivity index (χ0n) is 16.4. The number of aromatic nitrogens is 2. The molecule has 29 heavy (non-hydrogen) atoms. The van der Waals surface area contributed by atoms with Crippen molar-refractivity contribution < 1.29 is 19.1 Å². The standard InChI is InChI=1S/C19H24N6O4/c1-21-17(18(26)22-7-8-25-9-10-28-19(25)27)15-11-14(3-4-16(15)20)29-12-13-5-6-23-24(13)2/h3-6,11,20-21H,7-10,12H2,1-2H3,(H,22,26)/b17-15-,20-16?. The average molecular weight is 400 g/mol. The fourth-order valence-corrected chi connectivity index (χ4v) is 2.91. The molecule has 10 nitrogen and oxygen atoms in total. The van der Waals surface area contributed by atoms with Crippen molar-refractivity contribution in [1.29, 1.82) is 5.41 Å². The van der Waals surface area contributed by atoms with Crippen molar-refractivity contribution in [1.82, 2.24) is 25.3 Å². The molecule has 1 aliphatic heterocycles. The Morgan fingerprint density at radius 1 is 1.41 bits per heavy atom. The first-order valence-corrected chi connectivity index (χ1v) is 9.20. The van der Waals surface area contributed by atoms with Gasteiger partial charge in [0.25, 0.3) is 5.91 Å². The minimum absolute atomic E-state index is 0.195. The van der Waals surface area contributed by atoms with Gasteiger partial charge in [-0.2, -0.15) is 5.10 Å². The molecule has 1 aliphatic carbocycles. The molecule has 1 fully saturated rings. The van der Waals surface area contributed by atoms with Gasteiger partial charge in [-0.05, 0) is 24.3 Å². The van der Waals surface area contributed by atoms with E-state index in [-0.39, 0.29) is 30.0 Å². The van der Waals surface area contributed by atoms with E-state index in [0.717, 1.165) is 5.69 Å². The number of allylic oxidation sites excluding steroid dienone is 4. The highest BCUT2D eigenvalue weighted by Crippen LogP contribution is 2.18. The second-order valence-corrected chi connectivity index (χ2v) is 6.42. The number of likely N-dealkylation sites (N-methyl/N-ethyl adjacent to an activating group) is 1. The van der Waals surface area contributed by atoms with E-state index in [1.165, 1.54) is 4.90 Å². The Kier molecular flexibility index (Phi) is 6.32. The van der Waals surface area contributed by atoms with Gasteiger partial charge in [0.2, 0.25) is 0 Å². The van der Waals surface area contributed by atoms with E-state index in [2.05, 4.69) is 15.7 Å². The van der Waals surface area contributed by atoms with E-state index in [1.807, 2.05) is 13.1 Å². The Morgan fingerprint density at radius 2 is 2.24 bits per heavy atom. The van der Waals surface area contributed by atoms with Crippen molar-refractivity contribution in [2.24, 2.45) is 7.05 Å². The summed E-state index contributed by atoms with van der Waals surface area (Å²) in [4.78, 5) is 25.6. The highest BCUT2D eigenvalue weighted by atomic mass is 16.6. The highest BCUT2D eigenvalue weighted by Gasteiger charge is 2.22. The molecular weight excluding hydrogens is 376 g/mol. The normalized spacial score (nSPS) is 17.7. The van der Waals surface area contributed by atoms with E-state index in [9.17, 15) is 9.59 Å². The first-order valence-electron chi connectivity index (χ1n) is 9.20. The number of aryl methyl sites for hydroxylation is 1. The number of amides is 2. The molecule has 3 rings (SSSR count). The number of nitrogens with one attached hydrogen (secondary N) is 3. The SMILES string of the molecule is CN/C(C(=O)NCCN1CCOC1=O)=C1/C=C(OCc2ccnn2C)C=CC1=N. The van der Waals surface area contributed by atoms with Crippen LogP contribution in [0.2, 0.25) is 0 Å². The number of carbonyl (C=O) groups excluding carboxylic acids is 2. The molecule has 0 atom stereocenters. The number of carbonyl (C=O) groups is 2. The lowest BCUT2D eigenvalue weighted by Gasteiger charge is -2.17. The summed E-state index contributed by atoms with van der Waals surface area (Å²) < 4.78 is 12.4. The van der Waals surface area contributed by atoms with Gasteiger partial charge in [-0.15, -0.1) is 0 Å². The van der Waals surface area contributed by atoms with Gasteiger partial charge in [-0.3, -0.25) is 9.48 Å². The fourth-order valence-electron chi connectivity index (χ4n) is 2.91. The molecule has 2 heterocycles. The van der Waals surface area contributed by atoms with Crippen LogP contribution in [-0.4, -0.2) is 65.7 Å². The number of rotatable bonds is 8. The molecule has 0 aromatic carbocycles. The summed E-state index contributed by atoms with van der Waals surface area (Å²) in [7, 11) is 3.45. The third kappa shape index (κ3) is 4.84. The second-order valence-electron chi connectivity index (χ2n) is 6.42. The predicted octanol–water partition coefficient (Wildman–Crippen LogP) is 0.452. The van der Waals surface area contributed by atoms with Crippen molar-refractivity contribution in [3.63, 3.8) is 0 Å². The van der Waals surface area contributed by atoms with Crippen LogP contribution >= 0.6 is 0 Å². The van der Waals surface area contributed by atoms with Crippen molar-refractivity contribution in [3.05, 3.63) is 53.2 Å². The maximum atomic E-state index is 12.6. The Hall–Kier alpha value is -3.56. The molecule has 3 N–H and O–H groups in total. The summed E-state index contributed by atoms with van der Waals surface area (Å²) in [5, 5.41) is 17.9. The molecule has 0 radical (unpaired) electrons. The van der Waals surface area contributed by atoms with E-state index in [4.69, 9.17) is 14.9 Å². The third-order valence-electron chi connectivity index (χ3n) is 4.56. The predicted molar refractivity (Wildman–Crippen MR) is 105 cm³/mol. The van der Waals surface area contributed by atoms with Crippen LogP contribution in [0.3, 0.4) is 0 Å². The highest BCUT2D eigenvalue weighted by molar-refractivity contribution is 6.14. The van der Waals surface area contributed by atoms with Gasteiger partial charge in [0, 0.05) is 39.0 Å². The molecule has 0 bridgehead atoms. The largest absolute Gasteiger partial charge is 0.487 e. The minimum Gasteiger partial charge on any atom is -0.487 e. The zero-order valence-corrected chi connectivity index (χ0v) is 16.4. The Morgan fingerprint density at radius 3 is 2.90 bits per heavy atom. The van der Waals surface area contributed by atoms with E-state index < -0.39 is 0 Å². The molecule has 0 spiro atoms. The fraction of sp³-hybridized carbons (Fsp3) is 0.368. The van der Waals surface area contributed by atoms with E-state index >= 15 is 0 Å². The molecule has 1 saturated heterocycles. The van der Waals surface area contributed by atoms with Crippen molar-refractivity contribution in [2.45, 2.75) is 6.61 Å². The van der Waals surface area contributed by atoms with Crippen molar-refractivity contribution >= 4 is 17.7 Å². The smallest absolute Gasteiger partial charge is 0.409 e. The average Bonchev–Trinajstić information content (AvgIpc) is 3.30. The number of cyclic esters (lactones) is 1. The quantitative estimate of drug-likeness (QED) is 0.545. The molecule has 154 valence electrons. The summed E-state index contributed by atoms with van der Waals surface area (Å²) in [5.41, 5.74) is 1.77. The zero-order chi connectivity index (χ0) is 20.8. The van der Waals surface area contributed by atoms with Crippen LogP contribution in [0.5, 0.6) is 0 Å². The second kappa shape index (κ2) is 9.09. The minimum atomic E-state index is -0.371. The molecule has 0 unspecified atom stereocenters. The van der Waals surface area contributed by atoms with Gasteiger partial charge in [-0.25, -0.2) is 4.79 Å². The van der Waals surface area contributed by atoms with Crippen LogP contribution in [0.1, 0.15) is 5.69 Å². The molecule has 0 saturated carbocycles. The van der Waals surface area contributed by atoms with Crippen LogP contribution in [0.4, 0.5) is 4.79 Å². The van der Waals surface area contributed by atoms with Crippen LogP contribution < -0.4 is 10.6 Å². The Balaban J connectivity index is 1.65. The maximum Gasteiger partial charge on any atom is 0.409 e. The lowest BCUT2D eigenvalue weighted by atomic mass is 10.0. The number of ether oxygens (including phenoxy) is 2. The Bertz CT molecular complexity index is 898. The topological polar surface area (TPSA) is 122 Å². The maximum absolute atomic E-state index is 12.6. The molecule has 2 aliphatic rings. The van der Waals surface area contributed by atoms with Gasteiger partial charge in [0.1, 0.15) is 24.7 Å². The first-order chi connectivity index (χ1) is 14.0. The van der Waals surface area contributed by atoms with Gasteiger partial charge < -0.3 is 30.4 Å². The molecular formula is C19H24N6O4. The summed E-state index contributed by atoms with van der Waals surface area (Å²) in [6.07, 6.45) is 6.24. The lowest BCUT2D eigenvalue weighted by molar-refractivity contribution is -0.117. The number of hydrogen-bond donors (Lipinski definition) is 3. The number of hydrogen-bond acceptors (Lipinski definition) is 7. The van der Waals surface area contributed by atoms with Gasteiger partial charge in [0.05, 0.1) is 18.0 Å². The van der Waals surface area contributed by atoms with Crippen LogP contribution in [-0.2, 0) is 27.9 Å². The van der Waals surface area contributed by atoms with Gasteiger partial charge in [-0.1, -0.05) is 0 Å². The summed E-state index contributed by atoms with van der Waals surface area (Å²) in [6.45, 7) is 1.85. The monoisotopic (exact) mass is 400 g/mol. The number of nitrogens with zero attached hydrogens (tertiary/aromatic N) is 3. The lowest BCUT2D eigenvalue weighted by Crippen LogP contribution is -2.38. The van der Waals surface area contributed by atoms with Gasteiger partial charge in [0.15, 0.2) is 0 Å². The van der Waals surface area contributed by atoms with Gasteiger partial charge >= 0.3 is 6.09 Å². The van der Waals surface area contributed by atoms with E-state index in [0.29, 0.717) is 37.6 Å². The molecule has 2 amide bonds. The molecule has 1 aromatic rings. The van der Waals surface area contributed by atoms with Crippen molar-refractivity contribution in [3.8, 4) is 0 Å². The molecule has 10 heteroatoms. The summed E-state index contributed by atoms with van der Waals surface area (Å²) >= 11 is 0. The van der Waals surface area contributed by atoms with Crippen LogP contribution in [0.15, 0.2) is 47.5 Å². The Labute approximate surface area is 168 Å². The van der Waals surface area contributed by atoms with Crippen LogP contribution in [0.25, 0.3) is 0 Å². The summed E-state index contributed by atoms with van der Waals surface area (Å²) in [6, 6.07) is 1.86. The molecule has 1 aromatic heterocycles.